The predicted octanol–water partition coefficient (Wildman–Crippen LogP) is 3.69. The van der Waals surface area contributed by atoms with E-state index in [1.54, 1.807) is 6.07 Å². The van der Waals surface area contributed by atoms with Crippen molar-refractivity contribution >= 4 is 17.0 Å². The second kappa shape index (κ2) is 3.40. The summed E-state index contributed by atoms with van der Waals surface area (Å²) in [6.45, 7) is 3.41. The van der Waals surface area contributed by atoms with E-state index >= 15 is 0 Å². The minimum atomic E-state index is 0.309. The number of phenolic OH excluding ortho intramolecular Hbond substituents is 1. The molecule has 1 saturated carbocycles. The summed E-state index contributed by atoms with van der Waals surface area (Å²) in [7, 11) is 0. The molecule has 3 heteroatoms. The van der Waals surface area contributed by atoms with E-state index in [9.17, 15) is 5.11 Å². The zero-order chi connectivity index (χ0) is 13.4. The van der Waals surface area contributed by atoms with Crippen LogP contribution in [0, 0.1) is 5.92 Å². The Balaban J connectivity index is 1.83. The van der Waals surface area contributed by atoms with Gasteiger partial charge < -0.3 is 14.4 Å². The molecule has 3 heterocycles. The van der Waals surface area contributed by atoms with Crippen LogP contribution in [0.25, 0.3) is 17.0 Å². The van der Waals surface area contributed by atoms with Gasteiger partial charge in [-0.15, -0.1) is 0 Å². The molecule has 0 radical (unpaired) electrons. The van der Waals surface area contributed by atoms with Gasteiger partial charge in [-0.05, 0) is 50.0 Å². The summed E-state index contributed by atoms with van der Waals surface area (Å²) in [5, 5.41) is 10.8. The van der Waals surface area contributed by atoms with E-state index in [1.165, 1.54) is 30.6 Å². The third-order valence-corrected chi connectivity index (χ3v) is 5.36. The lowest BCUT2D eigenvalue weighted by atomic mass is 9.94. The first-order chi connectivity index (χ1) is 9.70. The molecular weight excluding hydrogens is 250 g/mol. The highest BCUT2D eigenvalue weighted by Crippen LogP contribution is 2.52. The van der Waals surface area contributed by atoms with Crippen molar-refractivity contribution < 1.29 is 9.52 Å². The number of aromatic hydroxyl groups is 1. The van der Waals surface area contributed by atoms with Gasteiger partial charge in [0.1, 0.15) is 17.1 Å². The van der Waals surface area contributed by atoms with Crippen LogP contribution in [0.15, 0.2) is 28.3 Å². The maximum absolute atomic E-state index is 9.76. The number of allylic oxidation sites excluding steroid dienone is 1. The van der Waals surface area contributed by atoms with E-state index in [0.717, 1.165) is 22.6 Å². The molecule has 1 aromatic heterocycles. The summed E-state index contributed by atoms with van der Waals surface area (Å²) in [5.41, 5.74) is 3.42. The summed E-state index contributed by atoms with van der Waals surface area (Å²) in [5.74, 6) is 2.79. The highest BCUT2D eigenvalue weighted by Gasteiger charge is 2.48. The van der Waals surface area contributed by atoms with Gasteiger partial charge in [0, 0.05) is 35.2 Å². The molecule has 20 heavy (non-hydrogen) atoms. The van der Waals surface area contributed by atoms with Crippen molar-refractivity contribution in [3.05, 3.63) is 35.2 Å². The van der Waals surface area contributed by atoms with E-state index in [0.29, 0.717) is 17.7 Å². The van der Waals surface area contributed by atoms with Gasteiger partial charge in [-0.25, -0.2) is 0 Å². The van der Waals surface area contributed by atoms with Crippen LogP contribution in [0.4, 0.5) is 0 Å². The highest BCUT2D eigenvalue weighted by molar-refractivity contribution is 5.90. The SMILES string of the molecule is CC1=Cc2c(oc3ccc(O)cc23)[C@@H]2C[C@H]3C[C@@H]2N1C3. The number of phenols is 1. The first-order valence-electron chi connectivity index (χ1n) is 7.41. The van der Waals surface area contributed by atoms with Crippen LogP contribution < -0.4 is 0 Å². The average molecular weight is 267 g/mol. The third kappa shape index (κ3) is 1.21. The lowest BCUT2D eigenvalue weighted by Gasteiger charge is -2.33. The number of nitrogens with zero attached hydrogens (tertiary/aromatic N) is 1. The maximum Gasteiger partial charge on any atom is 0.135 e. The number of hydrogen-bond acceptors (Lipinski definition) is 3. The van der Waals surface area contributed by atoms with Gasteiger partial charge in [0.15, 0.2) is 0 Å². The molecule has 0 amide bonds. The van der Waals surface area contributed by atoms with Crippen molar-refractivity contribution in [2.75, 3.05) is 6.54 Å². The van der Waals surface area contributed by atoms with Crippen molar-refractivity contribution in [1.29, 1.82) is 0 Å². The van der Waals surface area contributed by atoms with E-state index in [1.807, 2.05) is 12.1 Å². The fourth-order valence-corrected chi connectivity index (χ4v) is 4.55. The molecule has 2 aromatic rings. The van der Waals surface area contributed by atoms with Crippen molar-refractivity contribution in [3.8, 4) is 5.75 Å². The van der Waals surface area contributed by atoms with Crippen LogP contribution in [0.3, 0.4) is 0 Å². The maximum atomic E-state index is 9.76. The van der Waals surface area contributed by atoms with E-state index in [4.69, 9.17) is 4.42 Å². The number of piperidine rings is 1. The van der Waals surface area contributed by atoms with Gasteiger partial charge >= 0.3 is 0 Å². The predicted molar refractivity (Wildman–Crippen MR) is 77.5 cm³/mol. The Labute approximate surface area is 117 Å². The molecule has 1 saturated heterocycles. The summed E-state index contributed by atoms with van der Waals surface area (Å²) < 4.78 is 6.17. The van der Waals surface area contributed by atoms with Crippen LogP contribution in [0.1, 0.15) is 37.0 Å². The third-order valence-electron chi connectivity index (χ3n) is 5.36. The first-order valence-corrected chi connectivity index (χ1v) is 7.41. The van der Waals surface area contributed by atoms with Gasteiger partial charge in [-0.2, -0.15) is 0 Å². The topological polar surface area (TPSA) is 36.6 Å². The normalized spacial score (nSPS) is 30.6. The van der Waals surface area contributed by atoms with Crippen molar-refractivity contribution in [2.24, 2.45) is 5.92 Å². The summed E-state index contributed by atoms with van der Waals surface area (Å²) >= 11 is 0. The van der Waals surface area contributed by atoms with Crippen molar-refractivity contribution in [1.82, 2.24) is 4.90 Å². The molecule has 5 rings (SSSR count). The van der Waals surface area contributed by atoms with Crippen molar-refractivity contribution in [3.63, 3.8) is 0 Å². The highest BCUT2D eigenvalue weighted by atomic mass is 16.3. The second-order valence-corrected chi connectivity index (χ2v) is 6.51. The molecule has 2 bridgehead atoms. The Morgan fingerprint density at radius 2 is 2.20 bits per heavy atom. The van der Waals surface area contributed by atoms with Crippen LogP contribution >= 0.6 is 0 Å². The first kappa shape index (κ1) is 10.8. The standard InChI is InChI=1S/C17H17NO2/c1-9-4-13-12-7-11(19)2-3-16(12)20-17(13)14-5-10-6-15(14)18(9)8-10/h2-4,7,10,14-15,19H,5-6,8H2,1H3/t10-,14+,15-/m0/s1. The largest absolute Gasteiger partial charge is 0.508 e. The van der Waals surface area contributed by atoms with Crippen LogP contribution in [-0.4, -0.2) is 22.6 Å². The molecule has 2 fully saturated rings. The monoisotopic (exact) mass is 267 g/mol. The number of rotatable bonds is 0. The van der Waals surface area contributed by atoms with Gasteiger partial charge in [0.2, 0.25) is 0 Å². The van der Waals surface area contributed by atoms with Crippen LogP contribution in [-0.2, 0) is 0 Å². The fraction of sp³-hybridized carbons (Fsp3) is 0.412. The molecule has 3 nitrogen and oxygen atoms in total. The van der Waals surface area contributed by atoms with Crippen molar-refractivity contribution in [2.45, 2.75) is 31.7 Å². The van der Waals surface area contributed by atoms with Gasteiger partial charge in [-0.3, -0.25) is 0 Å². The average Bonchev–Trinajstić information content (AvgIpc) is 3.09. The Bertz CT molecular complexity index is 758. The quantitative estimate of drug-likeness (QED) is 0.791. The molecule has 2 aliphatic heterocycles. The molecule has 1 aromatic carbocycles. The molecule has 0 unspecified atom stereocenters. The zero-order valence-electron chi connectivity index (χ0n) is 11.5. The summed E-state index contributed by atoms with van der Waals surface area (Å²) in [6.07, 6.45) is 4.81. The molecular formula is C17H17NO2. The van der Waals surface area contributed by atoms with Gasteiger partial charge in [-0.1, -0.05) is 0 Å². The molecule has 0 spiro atoms. The number of furan rings is 1. The summed E-state index contributed by atoms with van der Waals surface area (Å²) in [4.78, 5) is 2.56. The number of fused-ring (bicyclic) bond motifs is 5. The lowest BCUT2D eigenvalue weighted by Crippen LogP contribution is -2.34. The number of benzene rings is 1. The molecule has 3 atom stereocenters. The zero-order valence-corrected chi connectivity index (χ0v) is 11.5. The van der Waals surface area contributed by atoms with E-state index in [-0.39, 0.29) is 0 Å². The Hall–Kier alpha value is -1.90. The minimum absolute atomic E-state index is 0.309. The van der Waals surface area contributed by atoms with E-state index in [2.05, 4.69) is 17.9 Å². The minimum Gasteiger partial charge on any atom is -0.508 e. The second-order valence-electron chi connectivity index (χ2n) is 6.51. The van der Waals surface area contributed by atoms with Gasteiger partial charge in [0.05, 0.1) is 0 Å². The molecule has 3 aliphatic rings. The lowest BCUT2D eigenvalue weighted by molar-refractivity contribution is 0.233. The van der Waals surface area contributed by atoms with Gasteiger partial charge in [0.25, 0.3) is 0 Å². The Kier molecular flexibility index (Phi) is 1.84. The fourth-order valence-electron chi connectivity index (χ4n) is 4.55. The molecule has 1 aliphatic carbocycles. The smallest absolute Gasteiger partial charge is 0.135 e. The Morgan fingerprint density at radius 1 is 1.30 bits per heavy atom. The summed E-state index contributed by atoms with van der Waals surface area (Å²) in [6, 6.07) is 6.03. The molecule has 102 valence electrons. The van der Waals surface area contributed by atoms with Crippen LogP contribution in [0.2, 0.25) is 0 Å². The Morgan fingerprint density at radius 3 is 3.05 bits per heavy atom. The van der Waals surface area contributed by atoms with E-state index < -0.39 is 0 Å². The number of hydrogen-bond donors (Lipinski definition) is 1. The van der Waals surface area contributed by atoms with Crippen LogP contribution in [0.5, 0.6) is 5.75 Å². The molecule has 1 N–H and O–H groups in total.